The summed E-state index contributed by atoms with van der Waals surface area (Å²) in [6, 6.07) is 0.511. The van der Waals surface area contributed by atoms with Gasteiger partial charge in [0.05, 0.1) is 0 Å². The zero-order valence-electron chi connectivity index (χ0n) is 10.7. The van der Waals surface area contributed by atoms with E-state index in [9.17, 15) is 0 Å². The highest BCUT2D eigenvalue weighted by molar-refractivity contribution is 6.28. The summed E-state index contributed by atoms with van der Waals surface area (Å²) in [5.41, 5.74) is 0. The third kappa shape index (κ3) is 2.23. The minimum atomic E-state index is 0.249. The average molecular weight is 268 g/mol. The van der Waals surface area contributed by atoms with Crippen molar-refractivity contribution in [1.82, 2.24) is 15.0 Å². The van der Waals surface area contributed by atoms with Gasteiger partial charge in [0.1, 0.15) is 0 Å². The molecule has 0 amide bonds. The molecule has 2 saturated carbocycles. The van der Waals surface area contributed by atoms with Gasteiger partial charge in [-0.05, 0) is 42.7 Å². The van der Waals surface area contributed by atoms with Crippen LogP contribution in [0, 0.1) is 11.8 Å². The number of aromatic nitrogens is 3. The van der Waals surface area contributed by atoms with Crippen LogP contribution in [0.15, 0.2) is 0 Å². The van der Waals surface area contributed by atoms with Crippen molar-refractivity contribution >= 4 is 23.5 Å². The molecule has 0 saturated heterocycles. The molecule has 0 radical (unpaired) electrons. The summed E-state index contributed by atoms with van der Waals surface area (Å²) in [5.74, 6) is 2.89. The van der Waals surface area contributed by atoms with Crippen LogP contribution in [0.4, 0.5) is 11.9 Å². The first-order valence-electron chi connectivity index (χ1n) is 6.47. The van der Waals surface area contributed by atoms with Gasteiger partial charge in [0.15, 0.2) is 0 Å². The van der Waals surface area contributed by atoms with E-state index in [0.29, 0.717) is 17.9 Å². The molecule has 5 nitrogen and oxygen atoms in total. The Bertz CT molecular complexity index is 450. The minimum absolute atomic E-state index is 0.249. The highest BCUT2D eigenvalue weighted by atomic mass is 35.5. The molecular weight excluding hydrogens is 250 g/mol. The molecule has 3 rings (SSSR count). The fourth-order valence-corrected chi connectivity index (χ4v) is 3.35. The Balaban J connectivity index is 1.76. The molecule has 3 atom stereocenters. The minimum Gasteiger partial charge on any atom is -0.351 e. The molecule has 6 heteroatoms. The number of hydrogen-bond acceptors (Lipinski definition) is 5. The number of halogens is 1. The molecule has 18 heavy (non-hydrogen) atoms. The van der Waals surface area contributed by atoms with Crippen LogP contribution >= 0.6 is 11.6 Å². The van der Waals surface area contributed by atoms with Gasteiger partial charge in [-0.3, -0.25) is 0 Å². The normalized spacial score (nSPS) is 29.6. The van der Waals surface area contributed by atoms with Crippen molar-refractivity contribution in [3.8, 4) is 0 Å². The van der Waals surface area contributed by atoms with Crippen molar-refractivity contribution in [1.29, 1.82) is 0 Å². The summed E-state index contributed by atoms with van der Waals surface area (Å²) in [6.45, 7) is 0. The number of nitrogens with one attached hydrogen (secondary N) is 1. The Hall–Kier alpha value is -1.10. The van der Waals surface area contributed by atoms with Crippen LogP contribution in [-0.2, 0) is 0 Å². The Morgan fingerprint density at radius 3 is 2.61 bits per heavy atom. The van der Waals surface area contributed by atoms with Crippen molar-refractivity contribution in [2.24, 2.45) is 11.8 Å². The smallest absolute Gasteiger partial charge is 0.230 e. The first-order valence-corrected chi connectivity index (χ1v) is 6.85. The number of fused-ring (bicyclic) bond motifs is 2. The van der Waals surface area contributed by atoms with Crippen molar-refractivity contribution in [2.45, 2.75) is 31.7 Å². The molecule has 3 unspecified atom stereocenters. The lowest BCUT2D eigenvalue weighted by atomic mass is 9.95. The van der Waals surface area contributed by atoms with E-state index < -0.39 is 0 Å². The van der Waals surface area contributed by atoms with Gasteiger partial charge in [-0.25, -0.2) is 0 Å². The predicted molar refractivity (Wildman–Crippen MR) is 72.0 cm³/mol. The van der Waals surface area contributed by atoms with Crippen molar-refractivity contribution < 1.29 is 0 Å². The molecule has 0 spiro atoms. The van der Waals surface area contributed by atoms with E-state index >= 15 is 0 Å². The SMILES string of the molecule is CN(C)c1nc(Cl)nc(NC2CC3CCC2C3)n1. The molecular formula is C12H18ClN5. The molecule has 1 heterocycles. The lowest BCUT2D eigenvalue weighted by molar-refractivity contribution is 0.438. The number of anilines is 2. The quantitative estimate of drug-likeness (QED) is 0.910. The van der Waals surface area contributed by atoms with Crippen LogP contribution in [0.25, 0.3) is 0 Å². The predicted octanol–water partition coefficient (Wildman–Crippen LogP) is 2.19. The summed E-state index contributed by atoms with van der Waals surface area (Å²) in [7, 11) is 3.79. The first-order chi connectivity index (χ1) is 8.61. The lowest BCUT2D eigenvalue weighted by Crippen LogP contribution is -2.27. The van der Waals surface area contributed by atoms with E-state index in [1.54, 1.807) is 0 Å². The van der Waals surface area contributed by atoms with Gasteiger partial charge in [-0.15, -0.1) is 0 Å². The van der Waals surface area contributed by atoms with Crippen molar-refractivity contribution in [3.63, 3.8) is 0 Å². The van der Waals surface area contributed by atoms with Crippen LogP contribution in [0.1, 0.15) is 25.7 Å². The fraction of sp³-hybridized carbons (Fsp3) is 0.750. The molecule has 98 valence electrons. The maximum absolute atomic E-state index is 5.93. The van der Waals surface area contributed by atoms with Crippen molar-refractivity contribution in [3.05, 3.63) is 5.28 Å². The van der Waals surface area contributed by atoms with E-state index in [1.807, 2.05) is 19.0 Å². The standard InChI is InChI=1S/C12H18ClN5/c1-18(2)12-16-10(13)15-11(17-12)14-9-6-7-3-4-8(9)5-7/h7-9H,3-6H2,1-2H3,(H,14,15,16,17). The highest BCUT2D eigenvalue weighted by Crippen LogP contribution is 2.45. The second-order valence-electron chi connectivity index (χ2n) is 5.55. The summed E-state index contributed by atoms with van der Waals surface area (Å²) in [4.78, 5) is 14.5. The second-order valence-corrected chi connectivity index (χ2v) is 5.89. The number of nitrogens with zero attached hydrogens (tertiary/aromatic N) is 4. The molecule has 2 fully saturated rings. The fourth-order valence-electron chi connectivity index (χ4n) is 3.19. The van der Waals surface area contributed by atoms with Gasteiger partial charge in [0, 0.05) is 20.1 Å². The topological polar surface area (TPSA) is 53.9 Å². The molecule has 2 aliphatic rings. The molecule has 1 N–H and O–H groups in total. The molecule has 0 aromatic carbocycles. The summed E-state index contributed by atoms with van der Waals surface area (Å²) >= 11 is 5.93. The van der Waals surface area contributed by atoms with Gasteiger partial charge in [-0.2, -0.15) is 15.0 Å². The molecule has 0 aliphatic heterocycles. The first kappa shape index (κ1) is 12.0. The average Bonchev–Trinajstić information content (AvgIpc) is 2.90. The van der Waals surface area contributed by atoms with Crippen LogP contribution in [0.5, 0.6) is 0 Å². The summed E-state index contributed by atoms with van der Waals surface area (Å²) < 4.78 is 0. The van der Waals surface area contributed by atoms with E-state index in [0.717, 1.165) is 11.8 Å². The Morgan fingerprint density at radius 2 is 2.00 bits per heavy atom. The van der Waals surface area contributed by atoms with Gasteiger partial charge in [0.25, 0.3) is 0 Å². The molecule has 2 bridgehead atoms. The highest BCUT2D eigenvalue weighted by Gasteiger charge is 2.39. The molecule has 2 aliphatic carbocycles. The zero-order chi connectivity index (χ0) is 12.7. The van der Waals surface area contributed by atoms with E-state index in [-0.39, 0.29) is 5.28 Å². The Morgan fingerprint density at radius 1 is 1.17 bits per heavy atom. The zero-order valence-corrected chi connectivity index (χ0v) is 11.5. The summed E-state index contributed by atoms with van der Waals surface area (Å²) in [6.07, 6.45) is 5.33. The van der Waals surface area contributed by atoms with Crippen LogP contribution in [0.3, 0.4) is 0 Å². The third-order valence-electron chi connectivity index (χ3n) is 4.05. The molecule has 1 aromatic rings. The maximum atomic E-state index is 5.93. The summed E-state index contributed by atoms with van der Waals surface area (Å²) in [5, 5.41) is 3.68. The van der Waals surface area contributed by atoms with Crippen LogP contribution < -0.4 is 10.2 Å². The monoisotopic (exact) mass is 267 g/mol. The van der Waals surface area contributed by atoms with E-state index in [1.165, 1.54) is 25.7 Å². The van der Waals surface area contributed by atoms with Gasteiger partial charge in [0.2, 0.25) is 17.2 Å². The molecule has 1 aromatic heterocycles. The van der Waals surface area contributed by atoms with Gasteiger partial charge in [-0.1, -0.05) is 6.42 Å². The second kappa shape index (κ2) is 4.53. The third-order valence-corrected chi connectivity index (χ3v) is 4.22. The van der Waals surface area contributed by atoms with E-state index in [2.05, 4.69) is 20.3 Å². The Kier molecular flexibility index (Phi) is 3.01. The van der Waals surface area contributed by atoms with Crippen LogP contribution in [-0.4, -0.2) is 35.1 Å². The lowest BCUT2D eigenvalue weighted by Gasteiger charge is -2.23. The number of hydrogen-bond donors (Lipinski definition) is 1. The van der Waals surface area contributed by atoms with Gasteiger partial charge >= 0.3 is 0 Å². The van der Waals surface area contributed by atoms with E-state index in [4.69, 9.17) is 11.6 Å². The van der Waals surface area contributed by atoms with Crippen molar-refractivity contribution in [2.75, 3.05) is 24.3 Å². The number of rotatable bonds is 3. The maximum Gasteiger partial charge on any atom is 0.230 e. The Labute approximate surface area is 112 Å². The van der Waals surface area contributed by atoms with Crippen LogP contribution in [0.2, 0.25) is 5.28 Å². The van der Waals surface area contributed by atoms with Gasteiger partial charge < -0.3 is 10.2 Å². The largest absolute Gasteiger partial charge is 0.351 e.